The summed E-state index contributed by atoms with van der Waals surface area (Å²) in [5.74, 6) is -0.537. The predicted octanol–water partition coefficient (Wildman–Crippen LogP) is 2.34. The summed E-state index contributed by atoms with van der Waals surface area (Å²) in [6.07, 6.45) is 2.04. The van der Waals surface area contributed by atoms with Gasteiger partial charge in [0.1, 0.15) is 12.5 Å². The highest BCUT2D eigenvalue weighted by atomic mass is 19.1. The van der Waals surface area contributed by atoms with Crippen molar-refractivity contribution < 1.29 is 13.6 Å². The van der Waals surface area contributed by atoms with E-state index in [9.17, 15) is 13.6 Å². The maximum atomic E-state index is 13.4. The number of carbonyl (C=O) groups excluding carboxylic acids is 1. The number of halogens is 2. The summed E-state index contributed by atoms with van der Waals surface area (Å²) in [6, 6.07) is 6.14. The zero-order valence-corrected chi connectivity index (χ0v) is 11.9. The molecule has 2 heterocycles. The Morgan fingerprint density at radius 2 is 2.18 bits per heavy atom. The topological polar surface area (TPSA) is 50.2 Å². The fraction of sp³-hybridized carbons (Fsp3) is 0.333. The van der Waals surface area contributed by atoms with Gasteiger partial charge in [-0.15, -0.1) is 0 Å². The van der Waals surface area contributed by atoms with Crippen molar-refractivity contribution in [3.63, 3.8) is 0 Å². The van der Waals surface area contributed by atoms with Crippen LogP contribution >= 0.6 is 0 Å². The van der Waals surface area contributed by atoms with Crippen molar-refractivity contribution in [2.45, 2.75) is 19.5 Å². The van der Waals surface area contributed by atoms with Gasteiger partial charge in [-0.3, -0.25) is 9.48 Å². The van der Waals surface area contributed by atoms with Crippen LogP contribution in [0.3, 0.4) is 0 Å². The van der Waals surface area contributed by atoms with E-state index in [4.69, 9.17) is 0 Å². The molecule has 0 atom stereocenters. The first-order chi connectivity index (χ1) is 10.7. The van der Waals surface area contributed by atoms with Gasteiger partial charge >= 0.3 is 0 Å². The van der Waals surface area contributed by atoms with E-state index in [1.807, 2.05) is 11.0 Å². The molecule has 0 saturated carbocycles. The number of alkyl halides is 1. The largest absolute Gasteiger partial charge is 0.363 e. The minimum atomic E-state index is -0.467. The van der Waals surface area contributed by atoms with Crippen LogP contribution in [0.5, 0.6) is 0 Å². The van der Waals surface area contributed by atoms with E-state index in [0.717, 1.165) is 11.4 Å². The van der Waals surface area contributed by atoms with Crippen molar-refractivity contribution in [3.05, 3.63) is 42.0 Å². The van der Waals surface area contributed by atoms with Crippen LogP contribution in [-0.4, -0.2) is 28.9 Å². The van der Waals surface area contributed by atoms with Gasteiger partial charge in [0.15, 0.2) is 0 Å². The Morgan fingerprint density at radius 1 is 1.32 bits per heavy atom. The molecule has 3 rings (SSSR count). The molecule has 0 aliphatic carbocycles. The van der Waals surface area contributed by atoms with Crippen LogP contribution in [-0.2, 0) is 17.9 Å². The maximum Gasteiger partial charge on any atom is 0.226 e. The molecule has 0 radical (unpaired) electrons. The number of carbonyl (C=O) groups is 1. The van der Waals surface area contributed by atoms with Gasteiger partial charge in [0, 0.05) is 19.2 Å². The second-order valence-electron chi connectivity index (χ2n) is 5.14. The van der Waals surface area contributed by atoms with Gasteiger partial charge in [-0.1, -0.05) is 0 Å². The number of anilines is 2. The highest BCUT2D eigenvalue weighted by Crippen LogP contribution is 2.30. The van der Waals surface area contributed by atoms with Gasteiger partial charge < -0.3 is 10.2 Å². The SMILES string of the molecule is O=C1CCN(Cc2ccn(CCF)n2)c2ccc(F)cc2N1. The molecule has 0 spiro atoms. The summed E-state index contributed by atoms with van der Waals surface area (Å²) in [7, 11) is 0. The lowest BCUT2D eigenvalue weighted by Gasteiger charge is -2.23. The molecule has 1 N–H and O–H groups in total. The third-order valence-electron chi connectivity index (χ3n) is 3.54. The number of hydrogen-bond donors (Lipinski definition) is 1. The Balaban J connectivity index is 1.85. The number of hydrogen-bond acceptors (Lipinski definition) is 3. The summed E-state index contributed by atoms with van der Waals surface area (Å²) >= 11 is 0. The zero-order valence-electron chi connectivity index (χ0n) is 11.9. The number of nitrogens with zero attached hydrogens (tertiary/aromatic N) is 3. The molecular formula is C15H16F2N4O. The first-order valence-corrected chi connectivity index (χ1v) is 7.08. The van der Waals surface area contributed by atoms with Crippen LogP contribution in [0.15, 0.2) is 30.5 Å². The first-order valence-electron chi connectivity index (χ1n) is 7.08. The van der Waals surface area contributed by atoms with Gasteiger partial charge in [-0.05, 0) is 24.3 Å². The lowest BCUT2D eigenvalue weighted by Crippen LogP contribution is -2.24. The van der Waals surface area contributed by atoms with E-state index in [-0.39, 0.29) is 12.5 Å². The van der Waals surface area contributed by atoms with Crippen LogP contribution < -0.4 is 10.2 Å². The number of aryl methyl sites for hydroxylation is 1. The summed E-state index contributed by atoms with van der Waals surface area (Å²) < 4.78 is 27.2. The standard InChI is InChI=1S/C15H16F2N4O/c16-5-8-21-7-3-12(19-21)10-20-6-4-15(22)18-13-9-11(17)1-2-14(13)20/h1-3,7,9H,4-6,8,10H2,(H,18,22). The predicted molar refractivity (Wildman–Crippen MR) is 78.9 cm³/mol. The molecule has 116 valence electrons. The average molecular weight is 306 g/mol. The van der Waals surface area contributed by atoms with Crippen LogP contribution in [0, 0.1) is 5.82 Å². The van der Waals surface area contributed by atoms with Gasteiger partial charge in [-0.25, -0.2) is 8.78 Å². The average Bonchev–Trinajstić information content (AvgIpc) is 2.85. The monoisotopic (exact) mass is 306 g/mol. The van der Waals surface area contributed by atoms with Crippen molar-refractivity contribution in [3.8, 4) is 0 Å². The third-order valence-corrected chi connectivity index (χ3v) is 3.54. The minimum Gasteiger partial charge on any atom is -0.363 e. The van der Waals surface area contributed by atoms with E-state index < -0.39 is 12.5 Å². The Labute approximate surface area is 126 Å². The van der Waals surface area contributed by atoms with Crippen molar-refractivity contribution in [1.82, 2.24) is 9.78 Å². The molecule has 0 fully saturated rings. The number of aromatic nitrogens is 2. The molecular weight excluding hydrogens is 290 g/mol. The third kappa shape index (κ3) is 3.08. The van der Waals surface area contributed by atoms with E-state index in [1.54, 1.807) is 16.9 Å². The lowest BCUT2D eigenvalue weighted by molar-refractivity contribution is -0.115. The first kappa shape index (κ1) is 14.5. The molecule has 1 aliphatic heterocycles. The van der Waals surface area contributed by atoms with E-state index in [2.05, 4.69) is 10.4 Å². The van der Waals surface area contributed by atoms with Gasteiger partial charge in [0.2, 0.25) is 5.91 Å². The van der Waals surface area contributed by atoms with Crippen molar-refractivity contribution in [1.29, 1.82) is 0 Å². The number of benzene rings is 1. The maximum absolute atomic E-state index is 13.4. The normalized spacial score (nSPS) is 14.5. The molecule has 5 nitrogen and oxygen atoms in total. The highest BCUT2D eigenvalue weighted by Gasteiger charge is 2.20. The molecule has 0 bridgehead atoms. The molecule has 1 amide bonds. The molecule has 2 aromatic rings. The number of rotatable bonds is 4. The summed E-state index contributed by atoms with van der Waals surface area (Å²) in [4.78, 5) is 13.7. The van der Waals surface area contributed by atoms with Gasteiger partial charge in [0.05, 0.1) is 30.2 Å². The van der Waals surface area contributed by atoms with E-state index >= 15 is 0 Å². The number of nitrogens with one attached hydrogen (secondary N) is 1. The molecule has 0 unspecified atom stereocenters. The van der Waals surface area contributed by atoms with Crippen LogP contribution in [0.2, 0.25) is 0 Å². The Bertz CT molecular complexity index is 686. The van der Waals surface area contributed by atoms with E-state index in [0.29, 0.717) is 25.2 Å². The van der Waals surface area contributed by atoms with Crippen LogP contribution in [0.4, 0.5) is 20.2 Å². The van der Waals surface area contributed by atoms with Gasteiger partial charge in [0.25, 0.3) is 0 Å². The Hall–Kier alpha value is -2.44. The van der Waals surface area contributed by atoms with Crippen molar-refractivity contribution >= 4 is 17.3 Å². The highest BCUT2D eigenvalue weighted by molar-refractivity contribution is 5.96. The molecule has 1 aromatic heterocycles. The smallest absolute Gasteiger partial charge is 0.226 e. The second-order valence-corrected chi connectivity index (χ2v) is 5.14. The Morgan fingerprint density at radius 3 is 3.00 bits per heavy atom. The van der Waals surface area contributed by atoms with Crippen molar-refractivity contribution in [2.24, 2.45) is 0 Å². The molecule has 1 aromatic carbocycles. The molecule has 7 heteroatoms. The van der Waals surface area contributed by atoms with Crippen molar-refractivity contribution in [2.75, 3.05) is 23.4 Å². The zero-order chi connectivity index (χ0) is 15.5. The Kier molecular flexibility index (Phi) is 4.04. The molecule has 0 saturated heterocycles. The van der Waals surface area contributed by atoms with Crippen LogP contribution in [0.25, 0.3) is 0 Å². The summed E-state index contributed by atoms with van der Waals surface area (Å²) in [5.41, 5.74) is 2.00. The molecule has 1 aliphatic rings. The fourth-order valence-corrected chi connectivity index (χ4v) is 2.51. The minimum absolute atomic E-state index is 0.141. The van der Waals surface area contributed by atoms with E-state index in [1.165, 1.54) is 12.1 Å². The quantitative estimate of drug-likeness (QED) is 0.943. The lowest BCUT2D eigenvalue weighted by atomic mass is 10.2. The summed E-state index contributed by atoms with van der Waals surface area (Å²) in [5, 5.41) is 7.00. The van der Waals surface area contributed by atoms with Crippen LogP contribution in [0.1, 0.15) is 12.1 Å². The second kappa shape index (κ2) is 6.13. The number of amides is 1. The number of fused-ring (bicyclic) bond motifs is 1. The van der Waals surface area contributed by atoms with Gasteiger partial charge in [-0.2, -0.15) is 5.10 Å². The summed E-state index contributed by atoms with van der Waals surface area (Å²) in [6.45, 7) is 0.751. The molecule has 22 heavy (non-hydrogen) atoms. The fourth-order valence-electron chi connectivity index (χ4n) is 2.51.